The van der Waals surface area contributed by atoms with Crippen molar-refractivity contribution in [3.63, 3.8) is 0 Å². The molecule has 0 fully saturated rings. The largest absolute Gasteiger partial charge is 0.193 e. The normalized spacial score (nSPS) is 11.3. The van der Waals surface area contributed by atoms with Gasteiger partial charge in [0.2, 0.25) is 0 Å². The van der Waals surface area contributed by atoms with Gasteiger partial charge < -0.3 is 0 Å². The molecule has 0 radical (unpaired) electrons. The van der Waals surface area contributed by atoms with Crippen molar-refractivity contribution in [1.82, 2.24) is 20.0 Å². The summed E-state index contributed by atoms with van der Waals surface area (Å²) in [7, 11) is 0. The molecule has 0 N–H and O–H groups in total. The van der Waals surface area contributed by atoms with E-state index in [0.717, 1.165) is 11.2 Å². The Morgan fingerprint density at radius 3 is 2.87 bits per heavy atom. The molecule has 74 valence electrons. The van der Waals surface area contributed by atoms with Crippen LogP contribution in [0.5, 0.6) is 0 Å². The van der Waals surface area contributed by atoms with E-state index >= 15 is 0 Å². The van der Waals surface area contributed by atoms with Crippen LogP contribution in [0.1, 0.15) is 11.1 Å². The topological polar surface area (TPSA) is 43.1 Å². The highest BCUT2D eigenvalue weighted by Crippen LogP contribution is 2.20. The predicted octanol–water partition coefficient (Wildman–Crippen LogP) is 1.89. The van der Waals surface area contributed by atoms with Crippen molar-refractivity contribution in [1.29, 1.82) is 0 Å². The first-order chi connectivity index (χ1) is 7.25. The molecule has 3 rings (SSSR count). The van der Waals surface area contributed by atoms with Gasteiger partial charge in [-0.2, -0.15) is 4.52 Å². The molecule has 4 nitrogen and oxygen atoms in total. The number of nitrogens with zero attached hydrogens (tertiary/aromatic N) is 4. The Kier molecular flexibility index (Phi) is 1.54. The summed E-state index contributed by atoms with van der Waals surface area (Å²) in [6, 6.07) is 8.29. The molecular weight excluding hydrogens is 188 g/mol. The summed E-state index contributed by atoms with van der Waals surface area (Å²) >= 11 is 0. The number of aryl methyl sites for hydroxylation is 2. The van der Waals surface area contributed by atoms with Gasteiger partial charge in [-0.3, -0.25) is 0 Å². The molecule has 0 aliphatic rings. The highest BCUT2D eigenvalue weighted by atomic mass is 15.5. The van der Waals surface area contributed by atoms with Gasteiger partial charge in [-0.05, 0) is 48.0 Å². The van der Waals surface area contributed by atoms with Gasteiger partial charge in [0.05, 0.1) is 5.52 Å². The van der Waals surface area contributed by atoms with E-state index in [9.17, 15) is 0 Å². The van der Waals surface area contributed by atoms with Crippen molar-refractivity contribution in [3.05, 3.63) is 35.4 Å². The SMILES string of the molecule is Cc1ccc2c(c1)c(C)cc1nnnn12. The van der Waals surface area contributed by atoms with Gasteiger partial charge in [0.15, 0.2) is 5.65 Å². The van der Waals surface area contributed by atoms with Crippen LogP contribution in [0.2, 0.25) is 0 Å². The number of rotatable bonds is 0. The fourth-order valence-electron chi connectivity index (χ4n) is 1.88. The van der Waals surface area contributed by atoms with Crippen molar-refractivity contribution in [2.75, 3.05) is 0 Å². The number of pyridine rings is 1. The summed E-state index contributed by atoms with van der Waals surface area (Å²) in [6.45, 7) is 4.17. The summed E-state index contributed by atoms with van der Waals surface area (Å²) in [4.78, 5) is 0. The smallest absolute Gasteiger partial charge is 0.180 e. The first kappa shape index (κ1) is 8.35. The van der Waals surface area contributed by atoms with Crippen LogP contribution in [0.15, 0.2) is 24.3 Å². The highest BCUT2D eigenvalue weighted by molar-refractivity contribution is 5.85. The first-order valence-electron chi connectivity index (χ1n) is 4.84. The number of hydrogen-bond donors (Lipinski definition) is 0. The molecule has 0 saturated carbocycles. The Balaban J connectivity index is 2.61. The molecule has 15 heavy (non-hydrogen) atoms. The van der Waals surface area contributed by atoms with Gasteiger partial charge in [-0.25, -0.2) is 0 Å². The fraction of sp³-hybridized carbons (Fsp3) is 0.182. The molecule has 0 atom stereocenters. The standard InChI is InChI=1S/C11H10N4/c1-7-3-4-10-9(5-7)8(2)6-11-12-13-14-15(10)11/h3-6H,1-2H3. The quantitative estimate of drug-likeness (QED) is 0.554. The number of hydrogen-bond acceptors (Lipinski definition) is 3. The minimum atomic E-state index is 0.795. The van der Waals surface area contributed by atoms with Gasteiger partial charge >= 0.3 is 0 Å². The monoisotopic (exact) mass is 198 g/mol. The molecule has 4 heteroatoms. The Morgan fingerprint density at radius 1 is 1.13 bits per heavy atom. The van der Waals surface area contributed by atoms with E-state index in [0.29, 0.717) is 0 Å². The maximum Gasteiger partial charge on any atom is 0.180 e. The second-order valence-electron chi connectivity index (χ2n) is 3.80. The third kappa shape index (κ3) is 1.11. The third-order valence-electron chi connectivity index (χ3n) is 2.64. The summed E-state index contributed by atoms with van der Waals surface area (Å²) in [5.74, 6) is 0. The Hall–Kier alpha value is -1.97. The molecule has 0 aliphatic heterocycles. The predicted molar refractivity (Wildman–Crippen MR) is 57.8 cm³/mol. The Labute approximate surface area is 86.5 Å². The first-order valence-corrected chi connectivity index (χ1v) is 4.84. The molecule has 3 aromatic rings. The molecule has 0 unspecified atom stereocenters. The van der Waals surface area contributed by atoms with E-state index in [-0.39, 0.29) is 0 Å². The molecule has 0 bridgehead atoms. The summed E-state index contributed by atoms with van der Waals surface area (Å²) < 4.78 is 1.77. The van der Waals surface area contributed by atoms with E-state index in [4.69, 9.17) is 0 Å². The van der Waals surface area contributed by atoms with Crippen LogP contribution in [0, 0.1) is 13.8 Å². The van der Waals surface area contributed by atoms with Crippen molar-refractivity contribution in [3.8, 4) is 0 Å². The van der Waals surface area contributed by atoms with Crippen molar-refractivity contribution in [2.24, 2.45) is 0 Å². The Morgan fingerprint density at radius 2 is 2.00 bits per heavy atom. The van der Waals surface area contributed by atoms with Crippen LogP contribution < -0.4 is 0 Å². The molecule has 0 saturated heterocycles. The van der Waals surface area contributed by atoms with Crippen molar-refractivity contribution >= 4 is 16.6 Å². The Bertz CT molecular complexity index is 654. The molecule has 1 aromatic carbocycles. The lowest BCUT2D eigenvalue weighted by molar-refractivity contribution is 0.841. The molecule has 0 spiro atoms. The zero-order chi connectivity index (χ0) is 10.4. The lowest BCUT2D eigenvalue weighted by Crippen LogP contribution is -1.93. The maximum atomic E-state index is 3.97. The van der Waals surface area contributed by atoms with Crippen LogP contribution >= 0.6 is 0 Å². The number of tetrazole rings is 1. The van der Waals surface area contributed by atoms with Crippen molar-refractivity contribution < 1.29 is 0 Å². The summed E-state index contributed by atoms with van der Waals surface area (Å²) in [5, 5.41) is 12.8. The lowest BCUT2D eigenvalue weighted by atomic mass is 10.1. The van der Waals surface area contributed by atoms with E-state index in [1.165, 1.54) is 16.5 Å². The van der Waals surface area contributed by atoms with Gasteiger partial charge in [0.25, 0.3) is 0 Å². The van der Waals surface area contributed by atoms with Gasteiger partial charge in [0.1, 0.15) is 0 Å². The van der Waals surface area contributed by atoms with Gasteiger partial charge in [-0.15, -0.1) is 5.10 Å². The highest BCUT2D eigenvalue weighted by Gasteiger charge is 2.05. The number of benzene rings is 1. The van der Waals surface area contributed by atoms with Crippen LogP contribution in [0.3, 0.4) is 0 Å². The lowest BCUT2D eigenvalue weighted by Gasteiger charge is -2.04. The second kappa shape index (κ2) is 2.76. The average molecular weight is 198 g/mol. The minimum absolute atomic E-state index is 0.795. The zero-order valence-corrected chi connectivity index (χ0v) is 8.60. The van der Waals surface area contributed by atoms with Crippen LogP contribution in [0.25, 0.3) is 16.6 Å². The minimum Gasteiger partial charge on any atom is -0.193 e. The van der Waals surface area contributed by atoms with Gasteiger partial charge in [0, 0.05) is 5.39 Å². The molecule has 2 heterocycles. The molecule has 2 aromatic heterocycles. The fourth-order valence-corrected chi connectivity index (χ4v) is 1.88. The van der Waals surface area contributed by atoms with Crippen molar-refractivity contribution in [2.45, 2.75) is 13.8 Å². The molecule has 0 aliphatic carbocycles. The van der Waals surface area contributed by atoms with E-state index in [2.05, 4.69) is 47.6 Å². The summed E-state index contributed by atoms with van der Waals surface area (Å²) in [6.07, 6.45) is 0. The molecular formula is C11H10N4. The second-order valence-corrected chi connectivity index (χ2v) is 3.80. The van der Waals surface area contributed by atoms with E-state index in [1.807, 2.05) is 6.07 Å². The number of aromatic nitrogens is 4. The van der Waals surface area contributed by atoms with Crippen LogP contribution in [-0.4, -0.2) is 20.0 Å². The van der Waals surface area contributed by atoms with Crippen LogP contribution in [0.4, 0.5) is 0 Å². The third-order valence-corrected chi connectivity index (χ3v) is 2.64. The average Bonchev–Trinajstić information content (AvgIpc) is 2.66. The van der Waals surface area contributed by atoms with E-state index < -0.39 is 0 Å². The number of fused-ring (bicyclic) bond motifs is 3. The zero-order valence-electron chi connectivity index (χ0n) is 8.60. The summed E-state index contributed by atoms with van der Waals surface area (Å²) in [5.41, 5.74) is 4.30. The van der Waals surface area contributed by atoms with E-state index in [1.54, 1.807) is 4.52 Å². The van der Waals surface area contributed by atoms with Crippen LogP contribution in [-0.2, 0) is 0 Å². The van der Waals surface area contributed by atoms with Gasteiger partial charge in [-0.1, -0.05) is 11.6 Å². The maximum absolute atomic E-state index is 3.97. The molecule has 0 amide bonds.